The topological polar surface area (TPSA) is 14.1 Å². The third-order valence-electron chi connectivity index (χ3n) is 1.94. The molecule has 1 saturated carbocycles. The molecule has 0 bridgehead atoms. The van der Waals surface area contributed by atoms with Crippen molar-refractivity contribution in [3.63, 3.8) is 0 Å². The zero-order chi connectivity index (χ0) is 15.1. The first-order valence-corrected chi connectivity index (χ1v) is 17.6. The normalized spacial score (nSPS) is 14.9. The van der Waals surface area contributed by atoms with Crippen molar-refractivity contribution in [3.8, 4) is 0 Å². The molecule has 0 N–H and O–H groups in total. The Bertz CT molecular complexity index is 175. The summed E-state index contributed by atoms with van der Waals surface area (Å²) in [6, 6.07) is 0. The molecule has 0 aromatic rings. The summed E-state index contributed by atoms with van der Waals surface area (Å²) in [5.74, 6) is 1.45. The number of hydrogen-bond acceptors (Lipinski definition) is 1. The molecule has 1 fully saturated rings. The molecule has 0 aromatic carbocycles. The third kappa shape index (κ3) is 22.4. The van der Waals surface area contributed by atoms with Gasteiger partial charge in [0.15, 0.2) is 0 Å². The van der Waals surface area contributed by atoms with E-state index in [-0.39, 0.29) is 0 Å². The first kappa shape index (κ1) is 23.3. The number of rotatable bonds is 5. The maximum absolute atomic E-state index is 4.93. The van der Waals surface area contributed by atoms with E-state index in [4.69, 9.17) is 22.0 Å². The average Bonchev–Trinajstić information content (AvgIpc) is 2.78. The van der Waals surface area contributed by atoms with Gasteiger partial charge in [0, 0.05) is 0 Å². The summed E-state index contributed by atoms with van der Waals surface area (Å²) in [6.45, 7) is 7.90. The van der Waals surface area contributed by atoms with Crippen LogP contribution < -0.4 is 0 Å². The van der Waals surface area contributed by atoms with Crippen molar-refractivity contribution >= 4 is 37.0 Å². The minimum atomic E-state index is -1.15. The summed E-state index contributed by atoms with van der Waals surface area (Å²) in [5.41, 5.74) is 0. The van der Waals surface area contributed by atoms with Gasteiger partial charge in [0.05, 0.1) is 0 Å². The summed E-state index contributed by atoms with van der Waals surface area (Å²) in [6.07, 6.45) is 15.0. The molecule has 0 aromatic heterocycles. The van der Waals surface area contributed by atoms with E-state index in [0.29, 0.717) is 0 Å². The first-order valence-electron chi connectivity index (χ1n) is 6.17. The second-order valence-corrected chi connectivity index (χ2v) is 14.1. The maximum atomic E-state index is 4.93. The van der Waals surface area contributed by atoms with Gasteiger partial charge in [0.25, 0.3) is 0 Å². The Kier molecular flexibility index (Phi) is 20.0. The second-order valence-electron chi connectivity index (χ2n) is 4.93. The Morgan fingerprint density at radius 1 is 1.16 bits per heavy atom. The van der Waals surface area contributed by atoms with Crippen molar-refractivity contribution in [2.75, 3.05) is 19.1 Å². The Morgan fingerprint density at radius 2 is 1.58 bits per heavy atom. The molecule has 0 amide bonds. The molecule has 0 saturated heterocycles. The van der Waals surface area contributed by atoms with Crippen LogP contribution in [0.4, 0.5) is 0 Å². The van der Waals surface area contributed by atoms with Gasteiger partial charge >= 0.3 is 37.9 Å². The summed E-state index contributed by atoms with van der Waals surface area (Å²) in [5, 5.41) is 0. The van der Waals surface area contributed by atoms with E-state index in [1.54, 1.807) is 11.8 Å². The fourth-order valence-corrected chi connectivity index (χ4v) is 2.11. The Labute approximate surface area is 145 Å². The molecule has 1 aliphatic rings. The summed E-state index contributed by atoms with van der Waals surface area (Å²) in [4.78, 5) is 4.69. The predicted molar refractivity (Wildman–Crippen MR) is 92.4 cm³/mol. The van der Waals surface area contributed by atoms with Crippen LogP contribution in [0.1, 0.15) is 12.8 Å². The molecule has 0 spiro atoms. The van der Waals surface area contributed by atoms with Crippen molar-refractivity contribution in [1.82, 2.24) is 0 Å². The van der Waals surface area contributed by atoms with Gasteiger partial charge in [-0.25, -0.2) is 0 Å². The molecule has 0 unspecified atom stereocenters. The van der Waals surface area contributed by atoms with Crippen molar-refractivity contribution in [3.05, 3.63) is 36.6 Å². The molecule has 1 aliphatic carbocycles. The Hall–Kier alpha value is 1.99. The van der Waals surface area contributed by atoms with Gasteiger partial charge in [0.2, 0.25) is 0 Å². The van der Waals surface area contributed by atoms with Crippen LogP contribution in [-0.4, -0.2) is 27.3 Å². The fourth-order valence-electron chi connectivity index (χ4n) is 1.28. The molecule has 0 heterocycles. The van der Waals surface area contributed by atoms with Crippen LogP contribution in [0.3, 0.4) is 0 Å². The molecule has 0 aliphatic heterocycles. The van der Waals surface area contributed by atoms with Crippen LogP contribution >= 0.6 is 28.8 Å². The molecule has 0 atom stereocenters. The number of hydrogen-bond donors (Lipinski definition) is 0. The van der Waals surface area contributed by atoms with Crippen LogP contribution in [0, 0.1) is 31.6 Å². The van der Waals surface area contributed by atoms with E-state index >= 15 is 0 Å². The first-order chi connectivity index (χ1) is 8.91. The van der Waals surface area contributed by atoms with E-state index < -0.39 is 29.1 Å². The van der Waals surface area contributed by atoms with Crippen LogP contribution in [-0.2, 0) is 20.8 Å². The quantitative estimate of drug-likeness (QED) is 0.411. The monoisotopic (exact) mass is 415 g/mol. The van der Waals surface area contributed by atoms with Crippen LogP contribution in [0.15, 0.2) is 0 Å². The molecule has 5 radical (unpaired) electrons. The van der Waals surface area contributed by atoms with Crippen LogP contribution in [0.25, 0.3) is 4.98 Å². The Balaban J connectivity index is 0. The number of thioether (sulfide) groups is 1. The molecule has 1 nitrogen and oxygen atoms in total. The zero-order valence-electron chi connectivity index (χ0n) is 12.5. The van der Waals surface area contributed by atoms with E-state index in [9.17, 15) is 0 Å². The second kappa shape index (κ2) is 16.4. The molecular formula is C13H25Cl2NSSiZr+. The van der Waals surface area contributed by atoms with Gasteiger partial charge in [-0.1, -0.05) is 34.3 Å². The van der Waals surface area contributed by atoms with Crippen LogP contribution in [0.5, 0.6) is 0 Å². The van der Waals surface area contributed by atoms with Crippen molar-refractivity contribution in [2.45, 2.75) is 32.5 Å². The van der Waals surface area contributed by atoms with Crippen molar-refractivity contribution in [1.29, 1.82) is 0 Å². The third-order valence-corrected chi connectivity index (χ3v) is 3.11. The van der Waals surface area contributed by atoms with Crippen molar-refractivity contribution < 1.29 is 20.8 Å². The molecular weight excluding hydrogens is 392 g/mol. The van der Waals surface area contributed by atoms with Crippen LogP contribution in [0.2, 0.25) is 19.6 Å². The summed E-state index contributed by atoms with van der Waals surface area (Å²) >= 11 is 0.924. The van der Waals surface area contributed by atoms with Gasteiger partial charge in [-0.2, -0.15) is 18.3 Å². The SMILES string of the molecule is CSC.C[Si](C)(C)[N-]CCC[C]1[CH][CH][CH][CH]1.[Cl][Zr+2][Cl]. The van der Waals surface area contributed by atoms with Crippen molar-refractivity contribution in [2.24, 2.45) is 0 Å². The van der Waals surface area contributed by atoms with Gasteiger partial charge in [-0.05, 0) is 50.5 Å². The van der Waals surface area contributed by atoms with Gasteiger partial charge in [-0.3, -0.25) is 0 Å². The zero-order valence-corrected chi connectivity index (χ0v) is 18.3. The van der Waals surface area contributed by atoms with E-state index in [2.05, 4.69) is 45.3 Å². The van der Waals surface area contributed by atoms with Gasteiger partial charge < -0.3 is 4.98 Å². The molecule has 109 valence electrons. The van der Waals surface area contributed by atoms with E-state index in [0.717, 1.165) is 6.54 Å². The molecule has 1 rings (SSSR count). The summed E-state index contributed by atoms with van der Waals surface area (Å²) < 4.78 is 0. The predicted octanol–water partition coefficient (Wildman–Crippen LogP) is 5.74. The average molecular weight is 418 g/mol. The standard InChI is InChI=1S/C11H19NSi.C2H6S.2ClH.Zr/c1-13(2,3)12-10-6-9-11-7-4-5-8-11;1-3-2;;;/h4-5,7-8H,6,9-10H2,1-3H3;1-2H3;2*1H;/q-1;;;;+4/p-2. The number of halogens is 2. The minimum absolute atomic E-state index is 0.826. The molecule has 6 heteroatoms. The fraction of sp³-hybridized carbons (Fsp3) is 0.615. The molecule has 19 heavy (non-hydrogen) atoms. The van der Waals surface area contributed by atoms with Gasteiger partial charge in [0.1, 0.15) is 0 Å². The van der Waals surface area contributed by atoms with E-state index in [1.807, 2.05) is 12.5 Å². The number of nitrogens with zero attached hydrogens (tertiary/aromatic N) is 1. The Morgan fingerprint density at radius 3 is 1.95 bits per heavy atom. The van der Waals surface area contributed by atoms with Gasteiger partial charge in [-0.15, -0.1) is 0 Å². The van der Waals surface area contributed by atoms with E-state index in [1.165, 1.54) is 18.8 Å². The summed E-state index contributed by atoms with van der Waals surface area (Å²) in [7, 11) is 8.71.